The van der Waals surface area contributed by atoms with Crippen molar-refractivity contribution in [3.63, 3.8) is 0 Å². The van der Waals surface area contributed by atoms with Gasteiger partial charge in [-0.05, 0) is 37.3 Å². The number of carbonyl (C=O) groups excluding carboxylic acids is 2. The van der Waals surface area contributed by atoms with E-state index in [1.165, 1.54) is 24.6 Å². The third-order valence-corrected chi connectivity index (χ3v) is 3.87. The van der Waals surface area contributed by atoms with Crippen molar-refractivity contribution < 1.29 is 14.3 Å². The zero-order valence-electron chi connectivity index (χ0n) is 12.4. The number of thiocarbonyl (C=S) groups is 1. The molecule has 0 fully saturated rings. The molecule has 2 heterocycles. The number of hydrogen-bond donors (Lipinski definition) is 3. The average molecular weight is 350 g/mol. The van der Waals surface area contributed by atoms with Gasteiger partial charge in [0.2, 0.25) is 0 Å². The quantitative estimate of drug-likeness (QED) is 0.442. The van der Waals surface area contributed by atoms with E-state index in [1.807, 2.05) is 6.92 Å². The highest BCUT2D eigenvalue weighted by atomic mass is 32.1. The van der Waals surface area contributed by atoms with Gasteiger partial charge in [-0.15, -0.1) is 11.3 Å². The molecular formula is C14H14N4O3S2. The fourth-order valence-corrected chi connectivity index (χ4v) is 2.81. The number of aromatic nitrogens is 1. The number of anilines is 1. The number of amides is 1. The second-order valence-corrected chi connectivity index (χ2v) is 6.03. The lowest BCUT2D eigenvalue weighted by molar-refractivity contribution is 0.0602. The molecule has 3 N–H and O–H groups in total. The van der Waals surface area contributed by atoms with E-state index in [2.05, 4.69) is 21.2 Å². The summed E-state index contributed by atoms with van der Waals surface area (Å²) >= 11 is 6.45. The first-order valence-electron chi connectivity index (χ1n) is 6.47. The minimum Gasteiger partial charge on any atom is -0.465 e. The van der Waals surface area contributed by atoms with E-state index in [4.69, 9.17) is 17.0 Å². The molecule has 0 aliphatic rings. The number of hydrazine groups is 1. The molecule has 9 heteroatoms. The monoisotopic (exact) mass is 350 g/mol. The summed E-state index contributed by atoms with van der Waals surface area (Å²) in [5.41, 5.74) is 5.79. The van der Waals surface area contributed by atoms with E-state index in [1.54, 1.807) is 24.4 Å². The SMILES string of the molecule is COC(=O)c1cc(C)sc1NC(=S)NNC(=O)c1cccnc1. The predicted molar refractivity (Wildman–Crippen MR) is 91.5 cm³/mol. The molecule has 2 aromatic heterocycles. The summed E-state index contributed by atoms with van der Waals surface area (Å²) < 4.78 is 4.72. The molecule has 0 aliphatic heterocycles. The molecule has 0 radical (unpaired) electrons. The van der Waals surface area contributed by atoms with E-state index < -0.39 is 5.97 Å². The average Bonchev–Trinajstić information content (AvgIpc) is 2.93. The lowest BCUT2D eigenvalue weighted by Crippen LogP contribution is -2.43. The molecular weight excluding hydrogens is 336 g/mol. The number of hydrogen-bond acceptors (Lipinski definition) is 6. The van der Waals surface area contributed by atoms with Crippen LogP contribution in [-0.4, -0.2) is 29.1 Å². The number of rotatable bonds is 3. The Morgan fingerprint density at radius 2 is 2.13 bits per heavy atom. The Morgan fingerprint density at radius 1 is 1.35 bits per heavy atom. The Balaban J connectivity index is 1.95. The van der Waals surface area contributed by atoms with Crippen LogP contribution in [0.1, 0.15) is 25.6 Å². The molecule has 0 aliphatic carbocycles. The van der Waals surface area contributed by atoms with E-state index in [0.717, 1.165) is 4.88 Å². The molecule has 0 spiro atoms. The molecule has 0 saturated heterocycles. The van der Waals surface area contributed by atoms with Crippen LogP contribution in [0.5, 0.6) is 0 Å². The second-order valence-electron chi connectivity index (χ2n) is 4.37. The molecule has 23 heavy (non-hydrogen) atoms. The van der Waals surface area contributed by atoms with Gasteiger partial charge in [0.1, 0.15) is 5.00 Å². The molecule has 0 saturated carbocycles. The lowest BCUT2D eigenvalue weighted by atomic mass is 10.3. The van der Waals surface area contributed by atoms with Crippen molar-refractivity contribution in [2.24, 2.45) is 0 Å². The van der Waals surface area contributed by atoms with Crippen molar-refractivity contribution in [1.82, 2.24) is 15.8 Å². The molecule has 0 atom stereocenters. The Morgan fingerprint density at radius 3 is 2.78 bits per heavy atom. The Hall–Kier alpha value is -2.52. The molecule has 0 unspecified atom stereocenters. The van der Waals surface area contributed by atoms with Crippen LogP contribution >= 0.6 is 23.6 Å². The maximum Gasteiger partial charge on any atom is 0.340 e. The Kier molecular flexibility index (Phi) is 5.61. The number of nitrogens with one attached hydrogen (secondary N) is 3. The van der Waals surface area contributed by atoms with Crippen LogP contribution in [0.4, 0.5) is 5.00 Å². The number of methoxy groups -OCH3 is 1. The van der Waals surface area contributed by atoms with Gasteiger partial charge in [-0.25, -0.2) is 4.79 Å². The van der Waals surface area contributed by atoms with Crippen molar-refractivity contribution in [2.75, 3.05) is 12.4 Å². The highest BCUT2D eigenvalue weighted by Crippen LogP contribution is 2.28. The minimum atomic E-state index is -0.459. The second kappa shape index (κ2) is 7.65. The van der Waals surface area contributed by atoms with Gasteiger partial charge in [0.05, 0.1) is 18.2 Å². The van der Waals surface area contributed by atoms with E-state index >= 15 is 0 Å². The molecule has 0 bridgehead atoms. The van der Waals surface area contributed by atoms with Crippen molar-refractivity contribution in [2.45, 2.75) is 6.92 Å². The number of pyridine rings is 1. The zero-order chi connectivity index (χ0) is 16.8. The van der Waals surface area contributed by atoms with Gasteiger partial charge in [-0.3, -0.25) is 20.6 Å². The van der Waals surface area contributed by atoms with Crippen LogP contribution in [0.2, 0.25) is 0 Å². The summed E-state index contributed by atoms with van der Waals surface area (Å²) in [6, 6.07) is 4.98. The number of ether oxygens (including phenoxy) is 1. The van der Waals surface area contributed by atoms with Gasteiger partial charge in [-0.1, -0.05) is 0 Å². The molecule has 120 valence electrons. The molecule has 2 rings (SSSR count). The van der Waals surface area contributed by atoms with E-state index in [9.17, 15) is 9.59 Å². The van der Waals surface area contributed by atoms with Crippen molar-refractivity contribution in [3.8, 4) is 0 Å². The number of esters is 1. The number of aryl methyl sites for hydroxylation is 1. The van der Waals surface area contributed by atoms with Crippen molar-refractivity contribution in [3.05, 3.63) is 46.6 Å². The minimum absolute atomic E-state index is 0.147. The third-order valence-electron chi connectivity index (χ3n) is 2.70. The van der Waals surface area contributed by atoms with E-state index in [-0.39, 0.29) is 11.0 Å². The van der Waals surface area contributed by atoms with Crippen LogP contribution in [0, 0.1) is 6.92 Å². The van der Waals surface area contributed by atoms with Crippen LogP contribution in [0.15, 0.2) is 30.6 Å². The summed E-state index contributed by atoms with van der Waals surface area (Å²) in [7, 11) is 1.31. The summed E-state index contributed by atoms with van der Waals surface area (Å²) in [5, 5.41) is 3.55. The van der Waals surface area contributed by atoms with Crippen LogP contribution < -0.4 is 16.2 Å². The largest absolute Gasteiger partial charge is 0.465 e. The summed E-state index contributed by atoms with van der Waals surface area (Å²) in [5.74, 6) is -0.836. The van der Waals surface area contributed by atoms with Crippen LogP contribution in [0.25, 0.3) is 0 Å². The highest BCUT2D eigenvalue weighted by molar-refractivity contribution is 7.80. The van der Waals surface area contributed by atoms with Crippen molar-refractivity contribution in [1.29, 1.82) is 0 Å². The standard InChI is InChI=1S/C14H14N4O3S2/c1-8-6-10(13(20)21-2)12(23-8)16-14(22)18-17-11(19)9-4-3-5-15-7-9/h3-7H,1-2H3,(H,17,19)(H2,16,18,22). The highest BCUT2D eigenvalue weighted by Gasteiger charge is 2.16. The Labute approximate surface area is 142 Å². The van der Waals surface area contributed by atoms with Gasteiger partial charge in [-0.2, -0.15) is 0 Å². The zero-order valence-corrected chi connectivity index (χ0v) is 14.0. The van der Waals surface area contributed by atoms with Crippen molar-refractivity contribution >= 4 is 45.5 Å². The lowest BCUT2D eigenvalue weighted by Gasteiger charge is -2.11. The van der Waals surface area contributed by atoms with Crippen LogP contribution in [-0.2, 0) is 4.74 Å². The Bertz CT molecular complexity index is 731. The van der Waals surface area contributed by atoms with Gasteiger partial charge in [0, 0.05) is 17.3 Å². The topological polar surface area (TPSA) is 92.4 Å². The predicted octanol–water partition coefficient (Wildman–Crippen LogP) is 1.87. The fraction of sp³-hybridized carbons (Fsp3) is 0.143. The number of thiophene rings is 1. The molecule has 1 amide bonds. The van der Waals surface area contributed by atoms with Gasteiger partial charge in [0.15, 0.2) is 5.11 Å². The fourth-order valence-electron chi connectivity index (χ4n) is 1.69. The summed E-state index contributed by atoms with van der Waals surface area (Å²) in [4.78, 5) is 28.3. The maximum absolute atomic E-state index is 11.9. The summed E-state index contributed by atoms with van der Waals surface area (Å²) in [6.07, 6.45) is 3.01. The van der Waals surface area contributed by atoms with Gasteiger partial charge in [0.25, 0.3) is 5.91 Å². The van der Waals surface area contributed by atoms with Crippen LogP contribution in [0.3, 0.4) is 0 Å². The summed E-state index contributed by atoms with van der Waals surface area (Å²) in [6.45, 7) is 1.86. The smallest absolute Gasteiger partial charge is 0.340 e. The third kappa shape index (κ3) is 4.47. The first-order valence-corrected chi connectivity index (χ1v) is 7.70. The van der Waals surface area contributed by atoms with Gasteiger partial charge >= 0.3 is 5.97 Å². The number of nitrogens with zero attached hydrogens (tertiary/aromatic N) is 1. The first kappa shape index (κ1) is 16.8. The normalized spacial score (nSPS) is 9.83. The number of carbonyl (C=O) groups is 2. The van der Waals surface area contributed by atoms with Gasteiger partial charge < -0.3 is 10.1 Å². The molecule has 7 nitrogen and oxygen atoms in total. The van der Waals surface area contributed by atoms with E-state index in [0.29, 0.717) is 16.1 Å². The molecule has 2 aromatic rings. The molecule has 0 aromatic carbocycles. The first-order chi connectivity index (χ1) is 11.0. The maximum atomic E-state index is 11.9.